The number of nitrogens with one attached hydrogen (secondary N) is 1. The summed E-state index contributed by atoms with van der Waals surface area (Å²) in [6.45, 7) is 1.50. The van der Waals surface area contributed by atoms with Crippen LogP contribution in [0.5, 0.6) is 0 Å². The molecule has 0 unspecified atom stereocenters. The molecule has 0 aromatic heterocycles. The second-order valence-corrected chi connectivity index (χ2v) is 5.64. The van der Waals surface area contributed by atoms with Crippen molar-refractivity contribution in [2.24, 2.45) is 0 Å². The quantitative estimate of drug-likeness (QED) is 0.644. The highest BCUT2D eigenvalue weighted by Gasteiger charge is 2.20. The van der Waals surface area contributed by atoms with Gasteiger partial charge in [0.2, 0.25) is 0 Å². The van der Waals surface area contributed by atoms with Crippen molar-refractivity contribution in [2.45, 2.75) is 31.7 Å². The molecule has 1 aliphatic carbocycles. The smallest absolute Gasteiger partial charge is 0.293 e. The van der Waals surface area contributed by atoms with Crippen LogP contribution in [0.3, 0.4) is 0 Å². The lowest BCUT2D eigenvalue weighted by Crippen LogP contribution is -2.33. The van der Waals surface area contributed by atoms with E-state index in [2.05, 4.69) is 17.3 Å². The van der Waals surface area contributed by atoms with Crippen molar-refractivity contribution in [3.8, 4) is 0 Å². The van der Waals surface area contributed by atoms with Crippen molar-refractivity contribution in [2.75, 3.05) is 25.5 Å². The summed E-state index contributed by atoms with van der Waals surface area (Å²) in [6.07, 6.45) is 5.11. The third-order valence-electron chi connectivity index (χ3n) is 3.90. The van der Waals surface area contributed by atoms with Crippen LogP contribution < -0.4 is 5.32 Å². The molecule has 2 rings (SSSR count). The van der Waals surface area contributed by atoms with Crippen LogP contribution in [0.15, 0.2) is 18.2 Å². The minimum Gasteiger partial charge on any atom is -0.377 e. The summed E-state index contributed by atoms with van der Waals surface area (Å²) in [5.41, 5.74) is 0.444. The van der Waals surface area contributed by atoms with Gasteiger partial charge in [0.05, 0.1) is 9.95 Å². The van der Waals surface area contributed by atoms with Gasteiger partial charge in [-0.05, 0) is 26.0 Å². The van der Waals surface area contributed by atoms with Crippen LogP contribution in [0.1, 0.15) is 25.7 Å². The third-order valence-corrected chi connectivity index (χ3v) is 4.22. The second-order valence-electron chi connectivity index (χ2n) is 5.24. The molecule has 0 amide bonds. The average Bonchev–Trinajstić information content (AvgIpc) is 2.94. The summed E-state index contributed by atoms with van der Waals surface area (Å²) >= 11 is 6.04. The summed E-state index contributed by atoms with van der Waals surface area (Å²) in [7, 11) is 2.11. The molecule has 1 fully saturated rings. The van der Waals surface area contributed by atoms with E-state index in [1.165, 1.54) is 31.7 Å². The monoisotopic (exact) mass is 297 g/mol. The fourth-order valence-electron chi connectivity index (χ4n) is 2.72. The van der Waals surface area contributed by atoms with Crippen LogP contribution in [0.25, 0.3) is 0 Å². The number of para-hydroxylation sites is 1. The van der Waals surface area contributed by atoms with E-state index >= 15 is 0 Å². The molecule has 0 radical (unpaired) electrons. The SMILES string of the molecule is CN(CCNc1c(Cl)cccc1[N+](=O)[O-])C1CCCC1. The third kappa shape index (κ3) is 3.61. The van der Waals surface area contributed by atoms with Gasteiger partial charge in [-0.1, -0.05) is 30.5 Å². The number of nitrogens with zero attached hydrogens (tertiary/aromatic N) is 2. The van der Waals surface area contributed by atoms with Crippen LogP contribution in [-0.2, 0) is 0 Å². The fourth-order valence-corrected chi connectivity index (χ4v) is 2.96. The minimum atomic E-state index is -0.408. The zero-order valence-corrected chi connectivity index (χ0v) is 12.4. The average molecular weight is 298 g/mol. The van der Waals surface area contributed by atoms with Gasteiger partial charge in [-0.3, -0.25) is 10.1 Å². The summed E-state index contributed by atoms with van der Waals surface area (Å²) in [4.78, 5) is 12.9. The Bertz CT molecular complexity index is 475. The highest BCUT2D eigenvalue weighted by molar-refractivity contribution is 6.33. The molecule has 0 aliphatic heterocycles. The maximum atomic E-state index is 11.0. The topological polar surface area (TPSA) is 58.4 Å². The lowest BCUT2D eigenvalue weighted by Gasteiger charge is -2.24. The lowest BCUT2D eigenvalue weighted by molar-refractivity contribution is -0.383. The number of anilines is 1. The minimum absolute atomic E-state index is 0.0287. The summed E-state index contributed by atoms with van der Waals surface area (Å²) in [5, 5.41) is 14.5. The molecule has 110 valence electrons. The van der Waals surface area contributed by atoms with Crippen LogP contribution in [0, 0.1) is 10.1 Å². The van der Waals surface area contributed by atoms with Gasteiger partial charge in [0, 0.05) is 25.2 Å². The number of hydrogen-bond acceptors (Lipinski definition) is 4. The van der Waals surface area contributed by atoms with Gasteiger partial charge in [0.1, 0.15) is 5.69 Å². The normalized spacial score (nSPS) is 15.8. The zero-order valence-electron chi connectivity index (χ0n) is 11.6. The van der Waals surface area contributed by atoms with E-state index in [-0.39, 0.29) is 5.69 Å². The van der Waals surface area contributed by atoms with Gasteiger partial charge in [-0.25, -0.2) is 0 Å². The van der Waals surface area contributed by atoms with E-state index in [1.54, 1.807) is 12.1 Å². The molecule has 0 heterocycles. The van der Waals surface area contributed by atoms with Crippen LogP contribution >= 0.6 is 11.6 Å². The first kappa shape index (κ1) is 15.1. The molecular formula is C14H20ClN3O2. The molecule has 1 saturated carbocycles. The number of nitro benzene ring substituents is 1. The van der Waals surface area contributed by atoms with Crippen LogP contribution in [-0.4, -0.2) is 36.0 Å². The first-order chi connectivity index (χ1) is 9.59. The Labute approximate surface area is 124 Å². The zero-order chi connectivity index (χ0) is 14.5. The number of nitro groups is 1. The van der Waals surface area contributed by atoms with Crippen LogP contribution in [0.4, 0.5) is 11.4 Å². The predicted molar refractivity (Wildman–Crippen MR) is 81.5 cm³/mol. The van der Waals surface area contributed by atoms with Gasteiger partial charge in [0.15, 0.2) is 0 Å². The van der Waals surface area contributed by atoms with E-state index in [0.29, 0.717) is 23.3 Å². The van der Waals surface area contributed by atoms with Gasteiger partial charge >= 0.3 is 0 Å². The van der Waals surface area contributed by atoms with Crippen LogP contribution in [0.2, 0.25) is 5.02 Å². The molecule has 1 N–H and O–H groups in total. The highest BCUT2D eigenvalue weighted by Crippen LogP contribution is 2.31. The van der Waals surface area contributed by atoms with E-state index in [1.807, 2.05) is 0 Å². The molecule has 6 heteroatoms. The largest absolute Gasteiger partial charge is 0.377 e. The number of rotatable bonds is 6. The molecule has 0 spiro atoms. The molecule has 0 bridgehead atoms. The standard InChI is InChI=1S/C14H20ClN3O2/c1-17(11-5-2-3-6-11)10-9-16-14-12(15)7-4-8-13(14)18(19)20/h4,7-8,11,16H,2-3,5-6,9-10H2,1H3. The molecule has 5 nitrogen and oxygen atoms in total. The maximum absolute atomic E-state index is 11.0. The van der Waals surface area contributed by atoms with E-state index in [4.69, 9.17) is 11.6 Å². The summed E-state index contributed by atoms with van der Waals surface area (Å²) < 4.78 is 0. The Morgan fingerprint density at radius 2 is 2.15 bits per heavy atom. The van der Waals surface area contributed by atoms with Crippen molar-refractivity contribution < 1.29 is 4.92 Å². The van der Waals surface area contributed by atoms with Gasteiger partial charge in [-0.15, -0.1) is 0 Å². The van der Waals surface area contributed by atoms with Gasteiger partial charge in [-0.2, -0.15) is 0 Å². The van der Waals surface area contributed by atoms with Gasteiger partial charge < -0.3 is 10.2 Å². The predicted octanol–water partition coefficient (Wildman–Crippen LogP) is 3.53. The Balaban J connectivity index is 1.92. The molecule has 0 saturated heterocycles. The molecule has 1 aromatic carbocycles. The van der Waals surface area contributed by atoms with Crippen molar-refractivity contribution in [3.05, 3.63) is 33.3 Å². The molecule has 1 aliphatic rings. The first-order valence-corrected chi connectivity index (χ1v) is 7.34. The molecule has 1 aromatic rings. The second kappa shape index (κ2) is 6.90. The Hall–Kier alpha value is -1.33. The Morgan fingerprint density at radius 3 is 2.80 bits per heavy atom. The number of hydrogen-bond donors (Lipinski definition) is 1. The van der Waals surface area contributed by atoms with E-state index in [0.717, 1.165) is 6.54 Å². The molecular weight excluding hydrogens is 278 g/mol. The lowest BCUT2D eigenvalue weighted by atomic mass is 10.2. The number of benzene rings is 1. The summed E-state index contributed by atoms with van der Waals surface area (Å²) in [5.74, 6) is 0. The van der Waals surface area contributed by atoms with Gasteiger partial charge in [0.25, 0.3) is 5.69 Å². The Kier molecular flexibility index (Phi) is 5.20. The molecule has 0 atom stereocenters. The molecule has 20 heavy (non-hydrogen) atoms. The fraction of sp³-hybridized carbons (Fsp3) is 0.571. The van der Waals surface area contributed by atoms with E-state index in [9.17, 15) is 10.1 Å². The van der Waals surface area contributed by atoms with Crippen molar-refractivity contribution in [3.63, 3.8) is 0 Å². The highest BCUT2D eigenvalue weighted by atomic mass is 35.5. The van der Waals surface area contributed by atoms with Crippen molar-refractivity contribution in [1.29, 1.82) is 0 Å². The first-order valence-electron chi connectivity index (χ1n) is 6.96. The van der Waals surface area contributed by atoms with E-state index < -0.39 is 4.92 Å². The maximum Gasteiger partial charge on any atom is 0.293 e. The van der Waals surface area contributed by atoms with Crippen molar-refractivity contribution >= 4 is 23.0 Å². The van der Waals surface area contributed by atoms with Crippen molar-refractivity contribution in [1.82, 2.24) is 4.90 Å². The number of likely N-dealkylation sites (N-methyl/N-ethyl adjacent to an activating group) is 1. The number of halogens is 1. The summed E-state index contributed by atoms with van der Waals surface area (Å²) in [6, 6.07) is 5.38. The Morgan fingerprint density at radius 1 is 1.45 bits per heavy atom.